The lowest BCUT2D eigenvalue weighted by atomic mass is 10.1. The van der Waals surface area contributed by atoms with Gasteiger partial charge in [0.1, 0.15) is 5.82 Å². The Morgan fingerprint density at radius 2 is 2.14 bits per heavy atom. The van der Waals surface area contributed by atoms with Gasteiger partial charge >= 0.3 is 0 Å². The summed E-state index contributed by atoms with van der Waals surface area (Å²) in [6.07, 6.45) is 4.06. The molecule has 0 spiro atoms. The molecule has 4 heteroatoms. The minimum atomic E-state index is -0.167. The Morgan fingerprint density at radius 3 is 2.90 bits per heavy atom. The predicted octanol–water partition coefficient (Wildman–Crippen LogP) is 2.80. The van der Waals surface area contributed by atoms with Crippen LogP contribution in [-0.2, 0) is 11.3 Å². The molecule has 3 nitrogen and oxygen atoms in total. The maximum Gasteiger partial charge on any atom is 0.123 e. The van der Waals surface area contributed by atoms with E-state index in [1.54, 1.807) is 12.1 Å². The molecule has 1 heterocycles. The fraction of sp³-hybridized carbons (Fsp3) is 0.647. The van der Waals surface area contributed by atoms with Crippen molar-refractivity contribution in [3.8, 4) is 0 Å². The molecule has 1 aromatic carbocycles. The first-order chi connectivity index (χ1) is 10.2. The van der Waals surface area contributed by atoms with Crippen molar-refractivity contribution in [1.82, 2.24) is 10.2 Å². The van der Waals surface area contributed by atoms with E-state index in [1.165, 1.54) is 6.07 Å². The van der Waals surface area contributed by atoms with Gasteiger partial charge in [-0.05, 0) is 50.6 Å². The molecule has 1 aromatic rings. The lowest BCUT2D eigenvalue weighted by Crippen LogP contribution is -2.31. The molecule has 2 atom stereocenters. The van der Waals surface area contributed by atoms with Crippen molar-refractivity contribution in [3.63, 3.8) is 0 Å². The zero-order valence-corrected chi connectivity index (χ0v) is 13.1. The fourth-order valence-electron chi connectivity index (χ4n) is 2.86. The van der Waals surface area contributed by atoms with Crippen LogP contribution in [0.25, 0.3) is 0 Å². The number of hydrogen-bond donors (Lipinski definition) is 1. The second-order valence-corrected chi connectivity index (χ2v) is 5.99. The number of rotatable bonds is 8. The summed E-state index contributed by atoms with van der Waals surface area (Å²) in [6.45, 7) is 5.85. The van der Waals surface area contributed by atoms with Gasteiger partial charge in [0, 0.05) is 19.6 Å². The number of nitrogens with zero attached hydrogens (tertiary/aromatic N) is 1. The van der Waals surface area contributed by atoms with Crippen LogP contribution in [0.3, 0.4) is 0 Å². The molecule has 0 bridgehead atoms. The van der Waals surface area contributed by atoms with Crippen molar-refractivity contribution >= 4 is 0 Å². The van der Waals surface area contributed by atoms with Gasteiger partial charge in [-0.2, -0.15) is 0 Å². The third kappa shape index (κ3) is 5.73. The van der Waals surface area contributed by atoms with E-state index in [0.29, 0.717) is 12.2 Å². The van der Waals surface area contributed by atoms with Gasteiger partial charge in [0.15, 0.2) is 0 Å². The van der Waals surface area contributed by atoms with Crippen molar-refractivity contribution in [2.24, 2.45) is 0 Å². The van der Waals surface area contributed by atoms with Gasteiger partial charge in [-0.15, -0.1) is 0 Å². The summed E-state index contributed by atoms with van der Waals surface area (Å²) in [7, 11) is 2.07. The molecule has 118 valence electrons. The van der Waals surface area contributed by atoms with Crippen molar-refractivity contribution in [3.05, 3.63) is 35.6 Å². The number of benzene rings is 1. The second-order valence-electron chi connectivity index (χ2n) is 5.99. The van der Waals surface area contributed by atoms with Crippen molar-refractivity contribution < 1.29 is 9.13 Å². The van der Waals surface area contributed by atoms with Crippen LogP contribution in [0.1, 0.15) is 31.7 Å². The van der Waals surface area contributed by atoms with Crippen molar-refractivity contribution in [2.45, 2.75) is 44.9 Å². The number of hydrogen-bond acceptors (Lipinski definition) is 3. The topological polar surface area (TPSA) is 24.5 Å². The smallest absolute Gasteiger partial charge is 0.123 e. The lowest BCUT2D eigenvalue weighted by molar-refractivity contribution is 0.0268. The van der Waals surface area contributed by atoms with Crippen LogP contribution < -0.4 is 5.32 Å². The lowest BCUT2D eigenvalue weighted by Gasteiger charge is -2.21. The number of nitrogens with one attached hydrogen (secondary N) is 1. The molecule has 1 N–H and O–H groups in total. The van der Waals surface area contributed by atoms with E-state index in [2.05, 4.69) is 24.2 Å². The molecular formula is C17H27FN2O. The van der Waals surface area contributed by atoms with E-state index < -0.39 is 0 Å². The average molecular weight is 294 g/mol. The Morgan fingerprint density at radius 1 is 1.33 bits per heavy atom. The molecule has 0 saturated carbocycles. The summed E-state index contributed by atoms with van der Waals surface area (Å²) in [5.41, 5.74) is 1.01. The summed E-state index contributed by atoms with van der Waals surface area (Å²) < 4.78 is 19.2. The van der Waals surface area contributed by atoms with Gasteiger partial charge in [-0.25, -0.2) is 4.39 Å². The van der Waals surface area contributed by atoms with E-state index in [0.717, 1.165) is 51.0 Å². The molecule has 2 rings (SSSR count). The zero-order chi connectivity index (χ0) is 15.1. The predicted molar refractivity (Wildman–Crippen MR) is 83.8 cm³/mol. The standard InChI is InChI=1S/C17H27FN2O/c1-3-9-19-11-16-7-8-17(21-16)13-20(2)12-14-5-4-6-15(18)10-14/h4-6,10,16-17,19H,3,7-9,11-13H2,1-2H3. The van der Waals surface area contributed by atoms with Crippen LogP contribution in [0, 0.1) is 5.82 Å². The molecule has 1 fully saturated rings. The summed E-state index contributed by atoms with van der Waals surface area (Å²) in [5, 5.41) is 3.42. The number of halogens is 1. The second kappa shape index (κ2) is 8.47. The molecule has 1 aliphatic heterocycles. The van der Waals surface area contributed by atoms with Crippen LogP contribution in [-0.4, -0.2) is 43.8 Å². The molecule has 21 heavy (non-hydrogen) atoms. The SMILES string of the molecule is CCCNCC1CCC(CN(C)Cc2cccc(F)c2)O1. The Balaban J connectivity index is 1.70. The summed E-state index contributed by atoms with van der Waals surface area (Å²) in [4.78, 5) is 2.21. The summed E-state index contributed by atoms with van der Waals surface area (Å²) in [5.74, 6) is -0.167. The van der Waals surface area contributed by atoms with Crippen LogP contribution in [0.2, 0.25) is 0 Å². The molecule has 0 aliphatic carbocycles. The Bertz CT molecular complexity index is 427. The third-order valence-corrected chi connectivity index (χ3v) is 3.85. The maximum atomic E-state index is 13.2. The quantitative estimate of drug-likeness (QED) is 0.746. The highest BCUT2D eigenvalue weighted by Gasteiger charge is 2.25. The molecule has 1 aliphatic rings. The average Bonchev–Trinajstić information content (AvgIpc) is 2.86. The van der Waals surface area contributed by atoms with E-state index in [-0.39, 0.29) is 5.82 Å². The normalized spacial score (nSPS) is 22.1. The molecule has 1 saturated heterocycles. The van der Waals surface area contributed by atoms with Crippen LogP contribution in [0.5, 0.6) is 0 Å². The Hall–Kier alpha value is -0.970. The summed E-state index contributed by atoms with van der Waals surface area (Å²) in [6, 6.07) is 6.81. The highest BCUT2D eigenvalue weighted by Crippen LogP contribution is 2.20. The molecule has 0 amide bonds. The van der Waals surface area contributed by atoms with Crippen molar-refractivity contribution in [2.75, 3.05) is 26.7 Å². The van der Waals surface area contributed by atoms with Gasteiger partial charge in [0.25, 0.3) is 0 Å². The third-order valence-electron chi connectivity index (χ3n) is 3.85. The van der Waals surface area contributed by atoms with Gasteiger partial charge in [0.05, 0.1) is 12.2 Å². The van der Waals surface area contributed by atoms with Gasteiger partial charge in [-0.1, -0.05) is 19.1 Å². The van der Waals surface area contributed by atoms with Gasteiger partial charge in [0.2, 0.25) is 0 Å². The van der Waals surface area contributed by atoms with Crippen LogP contribution in [0.4, 0.5) is 4.39 Å². The molecule has 0 radical (unpaired) electrons. The van der Waals surface area contributed by atoms with E-state index in [4.69, 9.17) is 4.74 Å². The van der Waals surface area contributed by atoms with E-state index in [1.807, 2.05) is 6.07 Å². The molecule has 2 unspecified atom stereocenters. The largest absolute Gasteiger partial charge is 0.372 e. The van der Waals surface area contributed by atoms with Gasteiger partial charge < -0.3 is 10.1 Å². The van der Waals surface area contributed by atoms with E-state index in [9.17, 15) is 4.39 Å². The van der Waals surface area contributed by atoms with Crippen molar-refractivity contribution in [1.29, 1.82) is 0 Å². The Kier molecular flexibility index (Phi) is 6.61. The minimum absolute atomic E-state index is 0.167. The summed E-state index contributed by atoms with van der Waals surface area (Å²) >= 11 is 0. The monoisotopic (exact) mass is 294 g/mol. The zero-order valence-electron chi connectivity index (χ0n) is 13.1. The maximum absolute atomic E-state index is 13.2. The van der Waals surface area contributed by atoms with Crippen LogP contribution in [0.15, 0.2) is 24.3 Å². The first-order valence-corrected chi connectivity index (χ1v) is 7.96. The van der Waals surface area contributed by atoms with Crippen LogP contribution >= 0.6 is 0 Å². The number of ether oxygens (including phenoxy) is 1. The fourth-order valence-corrected chi connectivity index (χ4v) is 2.86. The van der Waals surface area contributed by atoms with E-state index >= 15 is 0 Å². The number of likely N-dealkylation sites (N-methyl/N-ethyl adjacent to an activating group) is 1. The molecule has 0 aromatic heterocycles. The first kappa shape index (κ1) is 16.4. The molecular weight excluding hydrogens is 267 g/mol. The highest BCUT2D eigenvalue weighted by atomic mass is 19.1. The minimum Gasteiger partial charge on any atom is -0.372 e. The Labute approximate surface area is 127 Å². The van der Waals surface area contributed by atoms with Gasteiger partial charge in [-0.3, -0.25) is 4.90 Å². The first-order valence-electron chi connectivity index (χ1n) is 7.96. The highest BCUT2D eigenvalue weighted by molar-refractivity contribution is 5.16.